The summed E-state index contributed by atoms with van der Waals surface area (Å²) in [6.07, 6.45) is 0.0190. The predicted molar refractivity (Wildman–Crippen MR) is 80.5 cm³/mol. The third-order valence-electron chi connectivity index (χ3n) is 3.43. The van der Waals surface area contributed by atoms with E-state index in [0.717, 1.165) is 5.19 Å². The van der Waals surface area contributed by atoms with Gasteiger partial charge in [-0.2, -0.15) is 0 Å². The van der Waals surface area contributed by atoms with E-state index in [-0.39, 0.29) is 12.1 Å². The highest BCUT2D eigenvalue weighted by molar-refractivity contribution is 7.22. The Bertz CT molecular complexity index is 551. The van der Waals surface area contributed by atoms with Gasteiger partial charge < -0.3 is 4.43 Å². The normalized spacial score (nSPS) is 30.4. The van der Waals surface area contributed by atoms with E-state index in [1.807, 2.05) is 48.5 Å². The Kier molecular flexibility index (Phi) is 3.45. The van der Waals surface area contributed by atoms with Gasteiger partial charge in [0.25, 0.3) is 0 Å². The Balaban J connectivity index is 1.90. The molecule has 1 aliphatic heterocycles. The van der Waals surface area contributed by atoms with Gasteiger partial charge in [0.15, 0.2) is 0 Å². The standard InChI is InChI=1S/C15H16ClNOSi/c1-12-15(13-8-4-2-5-9-13)18-19(16,17-12)14-10-6-3-7-11-14/h2-12,15,17H,1H3/t12-,15+,19?/m0/s1. The molecule has 0 spiro atoms. The van der Waals surface area contributed by atoms with Gasteiger partial charge in [0.05, 0.1) is 6.10 Å². The Hall–Kier alpha value is -1.13. The van der Waals surface area contributed by atoms with Crippen molar-refractivity contribution in [1.29, 1.82) is 0 Å². The molecule has 2 nitrogen and oxygen atoms in total. The first-order valence-corrected chi connectivity index (χ1v) is 9.36. The second-order valence-corrected chi connectivity index (χ2v) is 8.73. The molecule has 1 aliphatic rings. The van der Waals surface area contributed by atoms with E-state index < -0.39 is 7.79 Å². The van der Waals surface area contributed by atoms with E-state index in [9.17, 15) is 0 Å². The lowest BCUT2D eigenvalue weighted by Gasteiger charge is -2.19. The van der Waals surface area contributed by atoms with Gasteiger partial charge >= 0.3 is 7.79 Å². The minimum atomic E-state index is -2.55. The highest BCUT2D eigenvalue weighted by atomic mass is 35.6. The third kappa shape index (κ3) is 2.47. The van der Waals surface area contributed by atoms with Gasteiger partial charge in [0.2, 0.25) is 0 Å². The topological polar surface area (TPSA) is 21.3 Å². The largest absolute Gasteiger partial charge is 0.405 e. The third-order valence-corrected chi connectivity index (χ3v) is 7.16. The highest BCUT2D eigenvalue weighted by Crippen LogP contribution is 2.32. The minimum absolute atomic E-state index is 0.0190. The van der Waals surface area contributed by atoms with Crippen LogP contribution in [0.3, 0.4) is 0 Å². The Labute approximate surface area is 119 Å². The quantitative estimate of drug-likeness (QED) is 0.678. The lowest BCUT2D eigenvalue weighted by Crippen LogP contribution is -2.54. The first kappa shape index (κ1) is 12.9. The van der Waals surface area contributed by atoms with Gasteiger partial charge in [-0.15, -0.1) is 11.1 Å². The van der Waals surface area contributed by atoms with Gasteiger partial charge in [-0.05, 0) is 17.7 Å². The summed E-state index contributed by atoms with van der Waals surface area (Å²) in [5, 5.41) is 1.07. The van der Waals surface area contributed by atoms with E-state index in [1.165, 1.54) is 5.56 Å². The average Bonchev–Trinajstić information content (AvgIpc) is 2.77. The summed E-state index contributed by atoms with van der Waals surface area (Å²) in [6, 6.07) is 20.5. The lowest BCUT2D eigenvalue weighted by molar-refractivity contribution is 0.220. The first-order chi connectivity index (χ1) is 9.19. The highest BCUT2D eigenvalue weighted by Gasteiger charge is 2.48. The summed E-state index contributed by atoms with van der Waals surface area (Å²) in [5.41, 5.74) is 1.17. The van der Waals surface area contributed by atoms with E-state index in [4.69, 9.17) is 15.5 Å². The van der Waals surface area contributed by atoms with Crippen LogP contribution in [-0.2, 0) is 4.43 Å². The van der Waals surface area contributed by atoms with Crippen molar-refractivity contribution < 1.29 is 4.43 Å². The van der Waals surface area contributed by atoms with Gasteiger partial charge in [-0.25, -0.2) is 0 Å². The molecule has 0 bridgehead atoms. The number of hydrogen-bond acceptors (Lipinski definition) is 2. The van der Waals surface area contributed by atoms with Gasteiger partial charge in [-0.1, -0.05) is 60.7 Å². The molecular weight excluding hydrogens is 274 g/mol. The zero-order valence-electron chi connectivity index (χ0n) is 10.7. The minimum Gasteiger partial charge on any atom is -0.380 e. The monoisotopic (exact) mass is 289 g/mol. The summed E-state index contributed by atoms with van der Waals surface area (Å²) in [5.74, 6) is 0. The molecule has 98 valence electrons. The smallest absolute Gasteiger partial charge is 0.380 e. The molecule has 1 fully saturated rings. The van der Waals surface area contributed by atoms with Crippen molar-refractivity contribution in [3.05, 3.63) is 66.2 Å². The van der Waals surface area contributed by atoms with Crippen LogP contribution in [0.5, 0.6) is 0 Å². The van der Waals surface area contributed by atoms with E-state index in [0.29, 0.717) is 0 Å². The number of hydrogen-bond donors (Lipinski definition) is 1. The number of halogens is 1. The maximum atomic E-state index is 6.74. The molecule has 1 saturated heterocycles. The fourth-order valence-corrected chi connectivity index (χ4v) is 6.08. The summed E-state index contributed by atoms with van der Waals surface area (Å²) < 4.78 is 6.23. The first-order valence-electron chi connectivity index (χ1n) is 6.44. The van der Waals surface area contributed by atoms with Crippen LogP contribution < -0.4 is 10.2 Å². The summed E-state index contributed by atoms with van der Waals surface area (Å²) in [6.45, 7) is 2.12. The van der Waals surface area contributed by atoms with Crippen LogP contribution in [0.1, 0.15) is 18.6 Å². The van der Waals surface area contributed by atoms with E-state index in [2.05, 4.69) is 24.0 Å². The number of rotatable bonds is 2. The van der Waals surface area contributed by atoms with Crippen LogP contribution >= 0.6 is 11.1 Å². The molecule has 19 heavy (non-hydrogen) atoms. The van der Waals surface area contributed by atoms with Crippen LogP contribution in [0.25, 0.3) is 0 Å². The molecular formula is C15H16ClNOSi. The summed E-state index contributed by atoms with van der Waals surface area (Å²) >= 11 is 6.74. The molecule has 1 heterocycles. The van der Waals surface area contributed by atoms with Crippen molar-refractivity contribution in [2.75, 3.05) is 0 Å². The van der Waals surface area contributed by atoms with E-state index in [1.54, 1.807) is 0 Å². The zero-order chi connectivity index (χ0) is 13.3. The van der Waals surface area contributed by atoms with Crippen LogP contribution in [0.4, 0.5) is 0 Å². The summed E-state index contributed by atoms with van der Waals surface area (Å²) in [4.78, 5) is 3.48. The van der Waals surface area contributed by atoms with Crippen LogP contribution in [0, 0.1) is 0 Å². The SMILES string of the molecule is C[C@@H]1N[Si](Cl)(c2ccccc2)O[C@H]1c1ccccc1. The zero-order valence-corrected chi connectivity index (χ0v) is 12.5. The van der Waals surface area contributed by atoms with Crippen molar-refractivity contribution in [1.82, 2.24) is 4.98 Å². The molecule has 0 aliphatic carbocycles. The van der Waals surface area contributed by atoms with Gasteiger partial charge in [0, 0.05) is 6.04 Å². The Morgan fingerprint density at radius 1 is 1.00 bits per heavy atom. The second kappa shape index (κ2) is 5.10. The maximum Gasteiger partial charge on any atom is 0.405 e. The van der Waals surface area contributed by atoms with Crippen LogP contribution in [0.15, 0.2) is 60.7 Å². The predicted octanol–water partition coefficient (Wildman–Crippen LogP) is 2.82. The van der Waals surface area contributed by atoms with Crippen LogP contribution in [-0.4, -0.2) is 13.8 Å². The molecule has 3 rings (SSSR count). The average molecular weight is 290 g/mol. The molecule has 2 aromatic rings. The molecule has 0 radical (unpaired) electrons. The Morgan fingerprint density at radius 2 is 1.58 bits per heavy atom. The molecule has 0 aromatic heterocycles. The van der Waals surface area contributed by atoms with Crippen molar-refractivity contribution >= 4 is 24.1 Å². The lowest BCUT2D eigenvalue weighted by atomic mass is 10.0. The fourth-order valence-electron chi connectivity index (χ4n) is 2.48. The van der Waals surface area contributed by atoms with Crippen molar-refractivity contribution in [3.63, 3.8) is 0 Å². The number of benzene rings is 2. The molecule has 4 heteroatoms. The fraction of sp³-hybridized carbons (Fsp3) is 0.200. The molecule has 0 saturated carbocycles. The molecule has 2 aromatic carbocycles. The summed E-state index contributed by atoms with van der Waals surface area (Å²) in [7, 11) is -2.55. The Morgan fingerprint density at radius 3 is 2.21 bits per heavy atom. The molecule has 3 atom stereocenters. The van der Waals surface area contributed by atoms with Gasteiger partial charge in [0.1, 0.15) is 0 Å². The second-order valence-electron chi connectivity index (χ2n) is 4.84. The molecule has 1 N–H and O–H groups in total. The van der Waals surface area contributed by atoms with Gasteiger partial charge in [-0.3, -0.25) is 4.98 Å². The molecule has 1 unspecified atom stereocenters. The van der Waals surface area contributed by atoms with Crippen molar-refractivity contribution in [3.8, 4) is 0 Å². The molecule has 0 amide bonds. The van der Waals surface area contributed by atoms with Crippen molar-refractivity contribution in [2.45, 2.75) is 19.1 Å². The van der Waals surface area contributed by atoms with Crippen molar-refractivity contribution in [2.24, 2.45) is 0 Å². The number of nitrogens with one attached hydrogen (secondary N) is 1. The van der Waals surface area contributed by atoms with E-state index >= 15 is 0 Å². The maximum absolute atomic E-state index is 6.74. The van der Waals surface area contributed by atoms with Crippen LogP contribution in [0.2, 0.25) is 0 Å².